The van der Waals surface area contributed by atoms with Crippen molar-refractivity contribution in [1.29, 1.82) is 0 Å². The standard InChI is InChI=1S/C6H3F2IS/c7-5-2-1-4(10-9)3-6(5)8/h1-3H. The fraction of sp³-hybridized carbons (Fsp3) is 0. The quantitative estimate of drug-likeness (QED) is 0.706. The van der Waals surface area contributed by atoms with Crippen LogP contribution in [0.4, 0.5) is 8.78 Å². The first-order valence-electron chi connectivity index (χ1n) is 2.47. The Hall–Kier alpha value is 0.160. The molecule has 0 aromatic heterocycles. The summed E-state index contributed by atoms with van der Waals surface area (Å²) in [5.74, 6) is -1.59. The van der Waals surface area contributed by atoms with Crippen LogP contribution in [-0.2, 0) is 0 Å². The van der Waals surface area contributed by atoms with Crippen LogP contribution in [0, 0.1) is 11.6 Å². The summed E-state index contributed by atoms with van der Waals surface area (Å²) in [6.45, 7) is 0. The van der Waals surface area contributed by atoms with Crippen LogP contribution < -0.4 is 0 Å². The van der Waals surface area contributed by atoms with Gasteiger partial charge in [0.05, 0.1) is 0 Å². The van der Waals surface area contributed by atoms with E-state index >= 15 is 0 Å². The summed E-state index contributed by atoms with van der Waals surface area (Å²) in [5.41, 5.74) is 0. The van der Waals surface area contributed by atoms with Crippen molar-refractivity contribution in [2.75, 3.05) is 0 Å². The maximum Gasteiger partial charge on any atom is 0.159 e. The highest BCUT2D eigenvalue weighted by molar-refractivity contribution is 14.2. The Bertz CT molecular complexity index is 239. The molecule has 0 unspecified atom stereocenters. The summed E-state index contributed by atoms with van der Waals surface area (Å²) in [6.07, 6.45) is 0. The highest BCUT2D eigenvalue weighted by Gasteiger charge is 2.00. The van der Waals surface area contributed by atoms with Crippen LogP contribution in [0.1, 0.15) is 0 Å². The summed E-state index contributed by atoms with van der Waals surface area (Å²) in [6, 6.07) is 3.83. The third-order valence-corrected chi connectivity index (χ3v) is 2.94. The lowest BCUT2D eigenvalue weighted by Gasteiger charge is -1.94. The molecule has 0 nitrogen and oxygen atoms in total. The van der Waals surface area contributed by atoms with Gasteiger partial charge in [0.2, 0.25) is 0 Å². The fourth-order valence-electron chi connectivity index (χ4n) is 0.525. The van der Waals surface area contributed by atoms with Crippen LogP contribution >= 0.6 is 30.1 Å². The minimum atomic E-state index is -0.797. The molecule has 0 saturated carbocycles. The molecule has 0 N–H and O–H groups in total. The summed E-state index contributed by atoms with van der Waals surface area (Å²) < 4.78 is 24.6. The molecule has 0 aliphatic carbocycles. The van der Waals surface area contributed by atoms with Gasteiger partial charge in [0.25, 0.3) is 0 Å². The molecule has 0 amide bonds. The van der Waals surface area contributed by atoms with Gasteiger partial charge >= 0.3 is 0 Å². The van der Waals surface area contributed by atoms with E-state index in [9.17, 15) is 8.78 Å². The Morgan fingerprint density at radius 3 is 2.40 bits per heavy atom. The molecule has 1 rings (SSSR count). The van der Waals surface area contributed by atoms with Crippen molar-refractivity contribution >= 4 is 30.1 Å². The van der Waals surface area contributed by atoms with Crippen molar-refractivity contribution in [3.63, 3.8) is 0 Å². The first kappa shape index (κ1) is 8.26. The molecule has 0 heterocycles. The third-order valence-electron chi connectivity index (χ3n) is 0.980. The monoisotopic (exact) mass is 272 g/mol. The van der Waals surface area contributed by atoms with Crippen molar-refractivity contribution in [2.24, 2.45) is 0 Å². The molecule has 0 aliphatic rings. The van der Waals surface area contributed by atoms with Gasteiger partial charge in [0, 0.05) is 26.1 Å². The molecule has 4 heteroatoms. The lowest BCUT2D eigenvalue weighted by molar-refractivity contribution is 0.506. The highest BCUT2D eigenvalue weighted by atomic mass is 127. The molecular weight excluding hydrogens is 269 g/mol. The molecule has 0 spiro atoms. The van der Waals surface area contributed by atoms with E-state index in [2.05, 4.69) is 0 Å². The van der Waals surface area contributed by atoms with Crippen molar-refractivity contribution in [3.05, 3.63) is 29.8 Å². The minimum Gasteiger partial charge on any atom is -0.204 e. The van der Waals surface area contributed by atoms with E-state index in [1.54, 1.807) is 0 Å². The number of hydrogen-bond donors (Lipinski definition) is 0. The molecule has 0 fully saturated rings. The average molecular weight is 272 g/mol. The second-order valence-corrected chi connectivity index (χ2v) is 3.60. The molecule has 0 atom stereocenters. The number of hydrogen-bond acceptors (Lipinski definition) is 1. The maximum absolute atomic E-state index is 12.4. The van der Waals surface area contributed by atoms with Gasteiger partial charge in [-0.3, -0.25) is 0 Å². The SMILES string of the molecule is Fc1ccc(SI)cc1F. The van der Waals surface area contributed by atoms with Crippen LogP contribution in [-0.4, -0.2) is 0 Å². The van der Waals surface area contributed by atoms with Crippen molar-refractivity contribution in [3.8, 4) is 0 Å². The summed E-state index contributed by atoms with van der Waals surface area (Å²) in [5, 5.41) is 0. The Morgan fingerprint density at radius 2 is 1.90 bits per heavy atom. The molecule has 0 saturated heterocycles. The summed E-state index contributed by atoms with van der Waals surface area (Å²) in [4.78, 5) is 0.722. The summed E-state index contributed by atoms with van der Waals surface area (Å²) >= 11 is 2.01. The van der Waals surface area contributed by atoms with Crippen molar-refractivity contribution in [2.45, 2.75) is 4.90 Å². The lowest BCUT2D eigenvalue weighted by Crippen LogP contribution is -1.81. The molecule has 0 bridgehead atoms. The molecule has 0 radical (unpaired) electrons. The van der Waals surface area contributed by atoms with Crippen LogP contribution in [0.5, 0.6) is 0 Å². The van der Waals surface area contributed by atoms with Gasteiger partial charge in [-0.25, -0.2) is 8.78 Å². The zero-order valence-corrected chi connectivity index (χ0v) is 7.75. The minimum absolute atomic E-state index is 0.722. The fourth-order valence-corrected chi connectivity index (χ4v) is 1.61. The Morgan fingerprint density at radius 1 is 1.20 bits per heavy atom. The van der Waals surface area contributed by atoms with Gasteiger partial charge in [-0.1, -0.05) is 8.93 Å². The largest absolute Gasteiger partial charge is 0.204 e. The Labute approximate surface area is 73.6 Å². The molecule has 54 valence electrons. The van der Waals surface area contributed by atoms with Gasteiger partial charge in [-0.15, -0.1) is 0 Å². The second-order valence-electron chi connectivity index (χ2n) is 1.65. The molecule has 0 aliphatic heterocycles. The number of halogens is 3. The van der Waals surface area contributed by atoms with Crippen molar-refractivity contribution in [1.82, 2.24) is 0 Å². The van der Waals surface area contributed by atoms with E-state index in [0.29, 0.717) is 0 Å². The Balaban J connectivity index is 3.04. The maximum atomic E-state index is 12.4. The Kier molecular flexibility index (Phi) is 2.91. The predicted molar refractivity (Wildman–Crippen MR) is 46.2 cm³/mol. The third kappa shape index (κ3) is 1.82. The highest BCUT2D eigenvalue weighted by Crippen LogP contribution is 2.25. The van der Waals surface area contributed by atoms with E-state index in [1.807, 2.05) is 21.2 Å². The first-order valence-corrected chi connectivity index (χ1v) is 5.83. The first-order chi connectivity index (χ1) is 4.74. The van der Waals surface area contributed by atoms with Crippen LogP contribution in [0.2, 0.25) is 0 Å². The van der Waals surface area contributed by atoms with Gasteiger partial charge in [-0.2, -0.15) is 0 Å². The average Bonchev–Trinajstić information content (AvgIpc) is 1.95. The smallest absolute Gasteiger partial charge is 0.159 e. The number of rotatable bonds is 1. The van der Waals surface area contributed by atoms with Crippen LogP contribution in [0.25, 0.3) is 0 Å². The molecule has 1 aromatic carbocycles. The number of benzene rings is 1. The van der Waals surface area contributed by atoms with E-state index in [4.69, 9.17) is 0 Å². The normalized spacial score (nSPS) is 9.90. The van der Waals surface area contributed by atoms with Crippen LogP contribution in [0.15, 0.2) is 23.1 Å². The van der Waals surface area contributed by atoms with Crippen molar-refractivity contribution < 1.29 is 8.78 Å². The second kappa shape index (κ2) is 3.52. The van der Waals surface area contributed by atoms with Crippen LogP contribution in [0.3, 0.4) is 0 Å². The van der Waals surface area contributed by atoms with Gasteiger partial charge in [0.15, 0.2) is 11.6 Å². The van der Waals surface area contributed by atoms with Gasteiger partial charge in [-0.05, 0) is 18.2 Å². The molecule has 1 aromatic rings. The van der Waals surface area contributed by atoms with E-state index < -0.39 is 11.6 Å². The molecular formula is C6H3F2IS. The molecule has 10 heavy (non-hydrogen) atoms. The predicted octanol–water partition coefficient (Wildman–Crippen LogP) is 3.41. The zero-order valence-electron chi connectivity index (χ0n) is 4.77. The topological polar surface area (TPSA) is 0 Å². The zero-order chi connectivity index (χ0) is 7.56. The lowest BCUT2D eigenvalue weighted by atomic mass is 10.3. The summed E-state index contributed by atoms with van der Waals surface area (Å²) in [7, 11) is 1.35. The van der Waals surface area contributed by atoms with E-state index in [1.165, 1.54) is 21.1 Å². The van der Waals surface area contributed by atoms with Gasteiger partial charge in [0.1, 0.15) is 0 Å². The van der Waals surface area contributed by atoms with E-state index in [-0.39, 0.29) is 0 Å². The van der Waals surface area contributed by atoms with E-state index in [0.717, 1.165) is 11.0 Å². The van der Waals surface area contributed by atoms with Gasteiger partial charge < -0.3 is 0 Å².